The molecule has 2 heteroatoms. The van der Waals surface area contributed by atoms with Gasteiger partial charge in [-0.05, 0) is 44.5 Å². The van der Waals surface area contributed by atoms with Crippen LogP contribution in [-0.4, -0.2) is 19.7 Å². The third kappa shape index (κ3) is 3.65. The molecule has 0 aliphatic rings. The van der Waals surface area contributed by atoms with Crippen molar-refractivity contribution in [3.63, 3.8) is 0 Å². The fourth-order valence-corrected chi connectivity index (χ4v) is 1.65. The molecule has 0 saturated heterocycles. The Morgan fingerprint density at radius 1 is 1.27 bits per heavy atom. The van der Waals surface area contributed by atoms with Gasteiger partial charge in [-0.2, -0.15) is 0 Å². The third-order valence-electron chi connectivity index (χ3n) is 2.65. The minimum absolute atomic E-state index is 0.258. The summed E-state index contributed by atoms with van der Waals surface area (Å²) in [7, 11) is 1.94. The van der Waals surface area contributed by atoms with Crippen molar-refractivity contribution >= 4 is 0 Å². The Morgan fingerprint density at radius 3 is 2.40 bits per heavy atom. The molecule has 15 heavy (non-hydrogen) atoms. The van der Waals surface area contributed by atoms with E-state index in [4.69, 9.17) is 4.74 Å². The summed E-state index contributed by atoms with van der Waals surface area (Å²) in [5.74, 6) is 0. The average Bonchev–Trinajstić information content (AvgIpc) is 2.17. The van der Waals surface area contributed by atoms with Crippen molar-refractivity contribution in [3.05, 3.63) is 34.9 Å². The van der Waals surface area contributed by atoms with Crippen LogP contribution >= 0.6 is 0 Å². The summed E-state index contributed by atoms with van der Waals surface area (Å²) in [6.07, 6.45) is 0.258. The van der Waals surface area contributed by atoms with Gasteiger partial charge >= 0.3 is 0 Å². The first-order chi connectivity index (χ1) is 7.15. The minimum atomic E-state index is 0.258. The van der Waals surface area contributed by atoms with E-state index in [0.717, 1.165) is 6.54 Å². The quantitative estimate of drug-likeness (QED) is 0.800. The Bertz CT molecular complexity index is 289. The number of rotatable bonds is 5. The van der Waals surface area contributed by atoms with Crippen LogP contribution in [0.4, 0.5) is 0 Å². The minimum Gasteiger partial charge on any atom is -0.372 e. The molecule has 84 valence electrons. The Hall–Kier alpha value is -0.860. The maximum atomic E-state index is 5.77. The number of aryl methyl sites for hydroxylation is 2. The molecule has 1 rings (SSSR count). The fourth-order valence-electron chi connectivity index (χ4n) is 1.65. The summed E-state index contributed by atoms with van der Waals surface area (Å²) in [5, 5.41) is 3.11. The second kappa shape index (κ2) is 5.89. The summed E-state index contributed by atoms with van der Waals surface area (Å²) in [6.45, 7) is 7.96. The fraction of sp³-hybridized carbons (Fsp3) is 0.538. The van der Waals surface area contributed by atoms with Gasteiger partial charge in [-0.3, -0.25) is 0 Å². The number of ether oxygens (including phenoxy) is 1. The second-order valence-corrected chi connectivity index (χ2v) is 4.05. The maximum absolute atomic E-state index is 5.77. The van der Waals surface area contributed by atoms with Crippen LogP contribution in [0.3, 0.4) is 0 Å². The Morgan fingerprint density at radius 2 is 1.87 bits per heavy atom. The van der Waals surface area contributed by atoms with Gasteiger partial charge in [-0.25, -0.2) is 0 Å². The van der Waals surface area contributed by atoms with E-state index in [1.54, 1.807) is 0 Å². The summed E-state index contributed by atoms with van der Waals surface area (Å²) < 4.78 is 5.77. The molecule has 0 heterocycles. The molecule has 0 amide bonds. The van der Waals surface area contributed by atoms with Crippen molar-refractivity contribution in [2.75, 3.05) is 13.6 Å². The molecule has 0 bridgehead atoms. The summed E-state index contributed by atoms with van der Waals surface area (Å²) in [6, 6.07) is 6.36. The highest BCUT2D eigenvalue weighted by molar-refractivity contribution is 5.32. The van der Waals surface area contributed by atoms with Crippen LogP contribution in [0, 0.1) is 13.8 Å². The van der Waals surface area contributed by atoms with Gasteiger partial charge in [0.05, 0.1) is 12.7 Å². The van der Waals surface area contributed by atoms with Crippen molar-refractivity contribution in [1.29, 1.82) is 0 Å². The van der Waals surface area contributed by atoms with Crippen LogP contribution < -0.4 is 5.32 Å². The lowest BCUT2D eigenvalue weighted by Gasteiger charge is -2.15. The number of benzene rings is 1. The highest BCUT2D eigenvalue weighted by Crippen LogP contribution is 2.14. The lowest BCUT2D eigenvalue weighted by Crippen LogP contribution is -2.23. The number of hydrogen-bond acceptors (Lipinski definition) is 2. The van der Waals surface area contributed by atoms with Crippen LogP contribution in [-0.2, 0) is 11.3 Å². The molecule has 1 aromatic carbocycles. The van der Waals surface area contributed by atoms with Crippen molar-refractivity contribution in [1.82, 2.24) is 5.32 Å². The van der Waals surface area contributed by atoms with Crippen LogP contribution in [0.1, 0.15) is 23.6 Å². The van der Waals surface area contributed by atoms with Gasteiger partial charge in [0.2, 0.25) is 0 Å². The Labute approximate surface area is 92.6 Å². The van der Waals surface area contributed by atoms with Gasteiger partial charge in [-0.15, -0.1) is 0 Å². The van der Waals surface area contributed by atoms with Crippen LogP contribution in [0.5, 0.6) is 0 Å². The Balaban J connectivity index is 2.57. The third-order valence-corrected chi connectivity index (χ3v) is 2.65. The van der Waals surface area contributed by atoms with Crippen molar-refractivity contribution in [3.8, 4) is 0 Å². The number of nitrogens with one attached hydrogen (secondary N) is 1. The van der Waals surface area contributed by atoms with E-state index < -0.39 is 0 Å². The monoisotopic (exact) mass is 207 g/mol. The molecule has 0 spiro atoms. The van der Waals surface area contributed by atoms with Crippen LogP contribution in [0.25, 0.3) is 0 Å². The summed E-state index contributed by atoms with van der Waals surface area (Å²) in [5.41, 5.74) is 3.94. The van der Waals surface area contributed by atoms with Gasteiger partial charge in [-0.1, -0.05) is 18.2 Å². The van der Waals surface area contributed by atoms with Gasteiger partial charge in [0.1, 0.15) is 0 Å². The molecule has 1 atom stereocenters. The van der Waals surface area contributed by atoms with Gasteiger partial charge in [0, 0.05) is 6.54 Å². The first-order valence-corrected chi connectivity index (χ1v) is 5.46. The highest BCUT2D eigenvalue weighted by atomic mass is 16.5. The standard InChI is InChI=1S/C13H21NO/c1-10-6-5-7-11(2)13(10)9-15-12(3)8-14-4/h5-7,12,14H,8-9H2,1-4H3. The maximum Gasteiger partial charge on any atom is 0.0726 e. The number of hydrogen-bond donors (Lipinski definition) is 1. The largest absolute Gasteiger partial charge is 0.372 e. The summed E-state index contributed by atoms with van der Waals surface area (Å²) in [4.78, 5) is 0. The van der Waals surface area contributed by atoms with E-state index in [-0.39, 0.29) is 6.10 Å². The molecule has 0 aromatic heterocycles. The topological polar surface area (TPSA) is 21.3 Å². The van der Waals surface area contributed by atoms with Gasteiger partial charge in [0.15, 0.2) is 0 Å². The van der Waals surface area contributed by atoms with E-state index in [1.165, 1.54) is 16.7 Å². The van der Waals surface area contributed by atoms with Crippen molar-refractivity contribution in [2.45, 2.75) is 33.5 Å². The van der Waals surface area contributed by atoms with Crippen molar-refractivity contribution < 1.29 is 4.74 Å². The molecular weight excluding hydrogens is 186 g/mol. The van der Waals surface area contributed by atoms with Crippen molar-refractivity contribution in [2.24, 2.45) is 0 Å². The van der Waals surface area contributed by atoms with Gasteiger partial charge in [0.25, 0.3) is 0 Å². The normalized spacial score (nSPS) is 12.8. The smallest absolute Gasteiger partial charge is 0.0726 e. The number of likely N-dealkylation sites (N-methyl/N-ethyl adjacent to an activating group) is 1. The zero-order chi connectivity index (χ0) is 11.3. The lowest BCUT2D eigenvalue weighted by molar-refractivity contribution is 0.0539. The first kappa shape index (κ1) is 12.2. The lowest BCUT2D eigenvalue weighted by atomic mass is 10.0. The molecule has 0 aliphatic carbocycles. The van der Waals surface area contributed by atoms with Gasteiger partial charge < -0.3 is 10.1 Å². The highest BCUT2D eigenvalue weighted by Gasteiger charge is 2.05. The SMILES string of the molecule is CNCC(C)OCc1c(C)cccc1C. The molecule has 1 aromatic rings. The van der Waals surface area contributed by atoms with E-state index in [9.17, 15) is 0 Å². The Kier molecular flexibility index (Phi) is 4.79. The predicted molar refractivity (Wildman–Crippen MR) is 64.1 cm³/mol. The average molecular weight is 207 g/mol. The molecule has 1 unspecified atom stereocenters. The predicted octanol–water partition coefficient (Wildman–Crippen LogP) is 2.43. The molecular formula is C13H21NO. The molecule has 2 nitrogen and oxygen atoms in total. The van der Waals surface area contributed by atoms with E-state index in [0.29, 0.717) is 6.61 Å². The van der Waals surface area contributed by atoms with E-state index >= 15 is 0 Å². The van der Waals surface area contributed by atoms with E-state index in [1.807, 2.05) is 7.05 Å². The zero-order valence-corrected chi connectivity index (χ0v) is 10.1. The molecule has 0 radical (unpaired) electrons. The molecule has 0 fully saturated rings. The van der Waals surface area contributed by atoms with Crippen LogP contribution in [0.2, 0.25) is 0 Å². The zero-order valence-electron chi connectivity index (χ0n) is 10.1. The first-order valence-electron chi connectivity index (χ1n) is 5.46. The molecule has 0 aliphatic heterocycles. The molecule has 1 N–H and O–H groups in total. The van der Waals surface area contributed by atoms with Crippen LogP contribution in [0.15, 0.2) is 18.2 Å². The second-order valence-electron chi connectivity index (χ2n) is 4.05. The van der Waals surface area contributed by atoms with E-state index in [2.05, 4.69) is 44.3 Å². The summed E-state index contributed by atoms with van der Waals surface area (Å²) >= 11 is 0. The molecule has 0 saturated carbocycles.